The molecule has 1 aromatic carbocycles. The van der Waals surface area contributed by atoms with Crippen LogP contribution < -0.4 is 5.32 Å². The van der Waals surface area contributed by atoms with Crippen LogP contribution in [-0.4, -0.2) is 16.5 Å². The van der Waals surface area contributed by atoms with Crippen molar-refractivity contribution in [1.29, 1.82) is 0 Å². The minimum absolute atomic E-state index is 0.654. The number of hydrogen-bond donors (Lipinski definition) is 2. The first-order valence-electron chi connectivity index (χ1n) is 4.62. The molecule has 15 heavy (non-hydrogen) atoms. The Morgan fingerprint density at radius 3 is 3.00 bits per heavy atom. The maximum atomic E-state index is 10.6. The van der Waals surface area contributed by atoms with Gasteiger partial charge in [-0.1, -0.05) is 12.1 Å². The molecule has 1 heterocycles. The number of aromatic amines is 1. The molecule has 0 fully saturated rings. The van der Waals surface area contributed by atoms with E-state index in [1.807, 2.05) is 19.1 Å². The second-order valence-corrected chi connectivity index (χ2v) is 3.28. The molecule has 0 saturated carbocycles. The van der Waals surface area contributed by atoms with E-state index in [-0.39, 0.29) is 0 Å². The summed E-state index contributed by atoms with van der Waals surface area (Å²) in [5, 5.41) is 9.91. The highest BCUT2D eigenvalue weighted by Crippen LogP contribution is 2.18. The fraction of sp³-hybridized carbons (Fsp3) is 0.0909. The molecular formula is C11H11N3O. The number of nitrogens with zero attached hydrogens (tertiary/aromatic N) is 1. The topological polar surface area (TPSA) is 57.8 Å². The largest absolute Gasteiger partial charge is 0.353 e. The van der Waals surface area contributed by atoms with Crippen LogP contribution in [0.5, 0.6) is 0 Å². The third kappa shape index (κ3) is 2.04. The summed E-state index contributed by atoms with van der Waals surface area (Å²) >= 11 is 0. The lowest BCUT2D eigenvalue weighted by Gasteiger charge is -2.04. The fourth-order valence-electron chi connectivity index (χ4n) is 1.32. The van der Waals surface area contributed by atoms with Gasteiger partial charge in [-0.3, -0.25) is 9.89 Å². The van der Waals surface area contributed by atoms with E-state index in [1.165, 1.54) is 0 Å². The number of anilines is 2. The second kappa shape index (κ2) is 3.96. The lowest BCUT2D eigenvalue weighted by Crippen LogP contribution is -1.91. The van der Waals surface area contributed by atoms with Crippen LogP contribution in [0.1, 0.15) is 16.1 Å². The summed E-state index contributed by atoms with van der Waals surface area (Å²) in [6, 6.07) is 7.29. The Morgan fingerprint density at radius 2 is 2.33 bits per heavy atom. The van der Waals surface area contributed by atoms with Crippen molar-refractivity contribution in [1.82, 2.24) is 10.2 Å². The molecule has 2 N–H and O–H groups in total. The summed E-state index contributed by atoms with van der Waals surface area (Å²) in [6.07, 6.45) is 2.54. The maximum Gasteiger partial charge on any atom is 0.150 e. The highest BCUT2D eigenvalue weighted by molar-refractivity contribution is 5.77. The molecule has 0 amide bonds. The van der Waals surface area contributed by atoms with Crippen LogP contribution in [-0.2, 0) is 0 Å². The van der Waals surface area contributed by atoms with Gasteiger partial charge in [0.15, 0.2) is 0 Å². The smallest absolute Gasteiger partial charge is 0.150 e. The summed E-state index contributed by atoms with van der Waals surface area (Å²) in [5.41, 5.74) is 3.41. The van der Waals surface area contributed by atoms with E-state index >= 15 is 0 Å². The van der Waals surface area contributed by atoms with Gasteiger partial charge in [-0.15, -0.1) is 0 Å². The van der Waals surface area contributed by atoms with E-state index < -0.39 is 0 Å². The van der Waals surface area contributed by atoms with Crippen LogP contribution in [0.4, 0.5) is 11.4 Å². The van der Waals surface area contributed by atoms with E-state index in [2.05, 4.69) is 15.5 Å². The SMILES string of the molecule is Cc1[nH]ncc1Nc1cccc(C=O)c1. The molecule has 0 aliphatic heterocycles. The highest BCUT2D eigenvalue weighted by atomic mass is 16.1. The van der Waals surface area contributed by atoms with Gasteiger partial charge in [-0.25, -0.2) is 0 Å². The van der Waals surface area contributed by atoms with Crippen LogP contribution in [0, 0.1) is 6.92 Å². The molecule has 0 bridgehead atoms. The Labute approximate surface area is 87.3 Å². The first-order valence-corrected chi connectivity index (χ1v) is 4.62. The molecule has 1 aromatic heterocycles. The zero-order chi connectivity index (χ0) is 10.7. The van der Waals surface area contributed by atoms with Gasteiger partial charge >= 0.3 is 0 Å². The lowest BCUT2D eigenvalue weighted by molar-refractivity contribution is 0.112. The summed E-state index contributed by atoms with van der Waals surface area (Å²) < 4.78 is 0. The van der Waals surface area contributed by atoms with Crippen LogP contribution in [0.2, 0.25) is 0 Å². The second-order valence-electron chi connectivity index (χ2n) is 3.28. The maximum absolute atomic E-state index is 10.6. The van der Waals surface area contributed by atoms with E-state index in [9.17, 15) is 4.79 Å². The van der Waals surface area contributed by atoms with Gasteiger partial charge in [0, 0.05) is 11.3 Å². The molecular weight excluding hydrogens is 190 g/mol. The van der Waals surface area contributed by atoms with E-state index in [4.69, 9.17) is 0 Å². The van der Waals surface area contributed by atoms with Gasteiger partial charge in [0.1, 0.15) is 6.29 Å². The monoisotopic (exact) mass is 201 g/mol. The molecule has 0 spiro atoms. The number of rotatable bonds is 3. The molecule has 0 aliphatic carbocycles. The minimum Gasteiger partial charge on any atom is -0.353 e. The third-order valence-corrected chi connectivity index (χ3v) is 2.13. The molecule has 2 aromatic rings. The highest BCUT2D eigenvalue weighted by Gasteiger charge is 2.00. The van der Waals surface area contributed by atoms with Crippen molar-refractivity contribution in [3.05, 3.63) is 41.7 Å². The van der Waals surface area contributed by atoms with Gasteiger partial charge in [0.05, 0.1) is 17.6 Å². The van der Waals surface area contributed by atoms with Crippen LogP contribution in [0.15, 0.2) is 30.5 Å². The van der Waals surface area contributed by atoms with Gasteiger partial charge in [-0.2, -0.15) is 5.10 Å². The number of carbonyl (C=O) groups is 1. The van der Waals surface area contributed by atoms with Crippen molar-refractivity contribution in [2.24, 2.45) is 0 Å². The molecule has 0 atom stereocenters. The molecule has 4 nitrogen and oxygen atoms in total. The Kier molecular flexibility index (Phi) is 2.49. The first kappa shape index (κ1) is 9.45. The van der Waals surface area contributed by atoms with Crippen molar-refractivity contribution < 1.29 is 4.79 Å². The summed E-state index contributed by atoms with van der Waals surface area (Å²) in [6.45, 7) is 1.93. The van der Waals surface area contributed by atoms with E-state index in [1.54, 1.807) is 18.3 Å². The van der Waals surface area contributed by atoms with Gasteiger partial charge < -0.3 is 5.32 Å². The predicted octanol–water partition coefficient (Wildman–Crippen LogP) is 2.27. The van der Waals surface area contributed by atoms with E-state index in [0.717, 1.165) is 23.4 Å². The number of carbonyl (C=O) groups excluding carboxylic acids is 1. The quantitative estimate of drug-likeness (QED) is 0.749. The minimum atomic E-state index is 0.654. The van der Waals surface area contributed by atoms with Crippen molar-refractivity contribution in [3.8, 4) is 0 Å². The summed E-state index contributed by atoms with van der Waals surface area (Å²) in [5.74, 6) is 0. The lowest BCUT2D eigenvalue weighted by atomic mass is 10.2. The average molecular weight is 201 g/mol. The van der Waals surface area contributed by atoms with Gasteiger partial charge in [0.25, 0.3) is 0 Å². The standard InChI is InChI=1S/C11H11N3O/c1-8-11(6-12-14-8)13-10-4-2-3-9(5-10)7-15/h2-7,13H,1H3,(H,12,14). The Bertz CT molecular complexity index is 476. The van der Waals surface area contributed by atoms with Gasteiger partial charge in [0.2, 0.25) is 0 Å². The average Bonchev–Trinajstić information content (AvgIpc) is 2.65. The van der Waals surface area contributed by atoms with Crippen molar-refractivity contribution in [2.75, 3.05) is 5.32 Å². The zero-order valence-corrected chi connectivity index (χ0v) is 8.32. The van der Waals surface area contributed by atoms with Crippen molar-refractivity contribution in [2.45, 2.75) is 6.92 Å². The molecule has 2 rings (SSSR count). The van der Waals surface area contributed by atoms with Crippen LogP contribution in [0.3, 0.4) is 0 Å². The van der Waals surface area contributed by atoms with Gasteiger partial charge in [-0.05, 0) is 19.1 Å². The number of hydrogen-bond acceptors (Lipinski definition) is 3. The third-order valence-electron chi connectivity index (χ3n) is 2.13. The number of benzene rings is 1. The Hall–Kier alpha value is -2.10. The first-order chi connectivity index (χ1) is 7.29. The predicted molar refractivity (Wildman–Crippen MR) is 58.4 cm³/mol. The van der Waals surface area contributed by atoms with Crippen molar-refractivity contribution >= 4 is 17.7 Å². The number of nitrogens with one attached hydrogen (secondary N) is 2. The number of aldehydes is 1. The van der Waals surface area contributed by atoms with Crippen LogP contribution in [0.25, 0.3) is 0 Å². The number of aromatic nitrogens is 2. The summed E-state index contributed by atoms with van der Waals surface area (Å²) in [4.78, 5) is 10.6. The molecule has 0 saturated heterocycles. The van der Waals surface area contributed by atoms with E-state index in [0.29, 0.717) is 5.56 Å². The molecule has 0 aliphatic rings. The molecule has 76 valence electrons. The Balaban J connectivity index is 2.24. The normalized spacial score (nSPS) is 9.93. The summed E-state index contributed by atoms with van der Waals surface area (Å²) in [7, 11) is 0. The van der Waals surface area contributed by atoms with Crippen molar-refractivity contribution in [3.63, 3.8) is 0 Å². The fourth-order valence-corrected chi connectivity index (χ4v) is 1.32. The number of aryl methyl sites for hydroxylation is 1. The molecule has 0 unspecified atom stereocenters. The molecule has 4 heteroatoms. The number of H-pyrrole nitrogens is 1. The molecule has 0 radical (unpaired) electrons. The van der Waals surface area contributed by atoms with Crippen LogP contribution >= 0.6 is 0 Å². The zero-order valence-electron chi connectivity index (χ0n) is 8.32. The Morgan fingerprint density at radius 1 is 1.47 bits per heavy atom.